The molecule has 1 aromatic carbocycles. The molecule has 0 radical (unpaired) electrons. The number of benzene rings is 1. The third-order valence-corrected chi connectivity index (χ3v) is 2.18. The van der Waals surface area contributed by atoms with Gasteiger partial charge in [-0.1, -0.05) is 12.0 Å². The van der Waals surface area contributed by atoms with Crippen LogP contribution in [0.25, 0.3) is 0 Å². The fraction of sp³-hybridized carbons (Fsp3) is 0.308. The quantitative estimate of drug-likeness (QED) is 0.768. The van der Waals surface area contributed by atoms with E-state index in [-0.39, 0.29) is 18.9 Å². The standard InChI is InChI=1S/C13H14FNO3/c1-3-6-15-13(17)8-18-12-5-4-10(9(2)16)7-11(12)14/h1,4-5,7,9,16H,6,8H2,2H3,(H,15,17). The minimum Gasteiger partial charge on any atom is -0.481 e. The van der Waals surface area contributed by atoms with Crippen LogP contribution >= 0.6 is 0 Å². The number of carbonyl (C=O) groups excluding carboxylic acids is 1. The maximum Gasteiger partial charge on any atom is 0.258 e. The summed E-state index contributed by atoms with van der Waals surface area (Å²) < 4.78 is 18.5. The number of hydrogen-bond acceptors (Lipinski definition) is 3. The van der Waals surface area contributed by atoms with Crippen molar-refractivity contribution in [2.24, 2.45) is 0 Å². The lowest BCUT2D eigenvalue weighted by Gasteiger charge is -2.09. The highest BCUT2D eigenvalue weighted by molar-refractivity contribution is 5.77. The summed E-state index contributed by atoms with van der Waals surface area (Å²) in [5.74, 6) is 1.14. The molecule has 4 nitrogen and oxygen atoms in total. The topological polar surface area (TPSA) is 58.6 Å². The van der Waals surface area contributed by atoms with E-state index in [9.17, 15) is 14.3 Å². The van der Waals surface area contributed by atoms with E-state index in [4.69, 9.17) is 11.2 Å². The van der Waals surface area contributed by atoms with Crippen molar-refractivity contribution in [1.82, 2.24) is 5.32 Å². The second kappa shape index (κ2) is 6.62. The SMILES string of the molecule is C#CCNC(=O)COc1ccc(C(C)O)cc1F. The van der Waals surface area contributed by atoms with Gasteiger partial charge in [-0.25, -0.2) is 4.39 Å². The van der Waals surface area contributed by atoms with Gasteiger partial charge in [0.05, 0.1) is 12.6 Å². The zero-order chi connectivity index (χ0) is 13.5. The molecule has 0 aromatic heterocycles. The Morgan fingerprint density at radius 3 is 2.94 bits per heavy atom. The summed E-state index contributed by atoms with van der Waals surface area (Å²) in [6.07, 6.45) is 4.21. The van der Waals surface area contributed by atoms with Crippen molar-refractivity contribution in [3.05, 3.63) is 29.6 Å². The van der Waals surface area contributed by atoms with E-state index in [1.807, 2.05) is 0 Å². The number of ether oxygens (including phenoxy) is 1. The molecule has 1 amide bonds. The third-order valence-electron chi connectivity index (χ3n) is 2.18. The van der Waals surface area contributed by atoms with Crippen molar-refractivity contribution >= 4 is 5.91 Å². The van der Waals surface area contributed by atoms with E-state index in [1.54, 1.807) is 0 Å². The van der Waals surface area contributed by atoms with Crippen molar-refractivity contribution in [3.63, 3.8) is 0 Å². The first-order valence-corrected chi connectivity index (χ1v) is 5.35. The van der Waals surface area contributed by atoms with Crippen LogP contribution < -0.4 is 10.1 Å². The number of terminal acetylenes is 1. The second-order valence-electron chi connectivity index (χ2n) is 3.64. The predicted octanol–water partition coefficient (Wildman–Crippen LogP) is 1.01. The Kier molecular flexibility index (Phi) is 5.15. The molecule has 0 saturated heterocycles. The van der Waals surface area contributed by atoms with Gasteiger partial charge in [0.15, 0.2) is 18.2 Å². The lowest BCUT2D eigenvalue weighted by Crippen LogP contribution is -2.29. The van der Waals surface area contributed by atoms with Gasteiger partial charge < -0.3 is 15.2 Å². The number of amides is 1. The summed E-state index contributed by atoms with van der Waals surface area (Å²) in [6, 6.07) is 4.06. The van der Waals surface area contributed by atoms with Crippen molar-refractivity contribution in [2.75, 3.05) is 13.2 Å². The Labute approximate surface area is 105 Å². The number of aliphatic hydroxyl groups is 1. The van der Waals surface area contributed by atoms with Gasteiger partial charge in [0.1, 0.15) is 0 Å². The number of rotatable bonds is 5. The van der Waals surface area contributed by atoms with Crippen LogP contribution in [0.3, 0.4) is 0 Å². The molecule has 0 fully saturated rings. The number of nitrogens with one attached hydrogen (secondary N) is 1. The lowest BCUT2D eigenvalue weighted by molar-refractivity contribution is -0.122. The smallest absolute Gasteiger partial charge is 0.258 e. The first kappa shape index (κ1) is 14.0. The maximum atomic E-state index is 13.5. The monoisotopic (exact) mass is 251 g/mol. The molecule has 0 saturated carbocycles. The Morgan fingerprint density at radius 1 is 1.67 bits per heavy atom. The Morgan fingerprint density at radius 2 is 2.39 bits per heavy atom. The van der Waals surface area contributed by atoms with Gasteiger partial charge in [-0.3, -0.25) is 4.79 Å². The largest absolute Gasteiger partial charge is 0.481 e. The minimum absolute atomic E-state index is 0.0461. The van der Waals surface area contributed by atoms with Crippen LogP contribution in [0.5, 0.6) is 5.75 Å². The molecule has 0 aliphatic heterocycles. The normalized spacial score (nSPS) is 11.4. The minimum atomic E-state index is -0.757. The fourth-order valence-electron chi connectivity index (χ4n) is 1.24. The van der Waals surface area contributed by atoms with Crippen LogP contribution in [0.1, 0.15) is 18.6 Å². The van der Waals surface area contributed by atoms with E-state index in [1.165, 1.54) is 25.1 Å². The summed E-state index contributed by atoms with van der Waals surface area (Å²) in [7, 11) is 0. The molecule has 96 valence electrons. The highest BCUT2D eigenvalue weighted by Gasteiger charge is 2.09. The maximum absolute atomic E-state index is 13.5. The van der Waals surface area contributed by atoms with Gasteiger partial charge >= 0.3 is 0 Å². The first-order valence-electron chi connectivity index (χ1n) is 5.35. The van der Waals surface area contributed by atoms with Crippen molar-refractivity contribution in [1.29, 1.82) is 0 Å². The van der Waals surface area contributed by atoms with E-state index < -0.39 is 17.8 Å². The van der Waals surface area contributed by atoms with E-state index >= 15 is 0 Å². The Bertz CT molecular complexity index is 466. The van der Waals surface area contributed by atoms with Gasteiger partial charge in [0.25, 0.3) is 5.91 Å². The summed E-state index contributed by atoms with van der Waals surface area (Å²) in [6.45, 7) is 1.32. The van der Waals surface area contributed by atoms with Crippen LogP contribution in [0.2, 0.25) is 0 Å². The molecule has 5 heteroatoms. The molecule has 2 N–H and O–H groups in total. The lowest BCUT2D eigenvalue weighted by atomic mass is 10.1. The van der Waals surface area contributed by atoms with Crippen LogP contribution in [-0.2, 0) is 4.79 Å². The zero-order valence-electron chi connectivity index (χ0n) is 9.94. The molecule has 18 heavy (non-hydrogen) atoms. The average molecular weight is 251 g/mol. The summed E-state index contributed by atoms with van der Waals surface area (Å²) in [5, 5.41) is 11.7. The molecule has 1 aromatic rings. The summed E-state index contributed by atoms with van der Waals surface area (Å²) >= 11 is 0. The Hall–Kier alpha value is -2.06. The fourth-order valence-corrected chi connectivity index (χ4v) is 1.24. The van der Waals surface area contributed by atoms with Crippen LogP contribution in [0.4, 0.5) is 4.39 Å². The number of hydrogen-bond donors (Lipinski definition) is 2. The van der Waals surface area contributed by atoms with E-state index in [0.717, 1.165) is 0 Å². The molecular weight excluding hydrogens is 237 g/mol. The van der Waals surface area contributed by atoms with Crippen molar-refractivity contribution in [3.8, 4) is 18.1 Å². The second-order valence-corrected chi connectivity index (χ2v) is 3.64. The zero-order valence-corrected chi connectivity index (χ0v) is 9.94. The van der Waals surface area contributed by atoms with Crippen LogP contribution in [0, 0.1) is 18.2 Å². The number of carbonyl (C=O) groups is 1. The molecule has 0 aliphatic carbocycles. The Balaban J connectivity index is 2.58. The van der Waals surface area contributed by atoms with Crippen LogP contribution in [0.15, 0.2) is 18.2 Å². The average Bonchev–Trinajstić information content (AvgIpc) is 2.34. The highest BCUT2D eigenvalue weighted by Crippen LogP contribution is 2.21. The molecule has 0 bridgehead atoms. The van der Waals surface area contributed by atoms with E-state index in [2.05, 4.69) is 11.2 Å². The molecule has 0 spiro atoms. The molecule has 1 unspecified atom stereocenters. The van der Waals surface area contributed by atoms with Gasteiger partial charge in [0, 0.05) is 0 Å². The van der Waals surface area contributed by atoms with Gasteiger partial charge in [-0.05, 0) is 24.6 Å². The van der Waals surface area contributed by atoms with Crippen molar-refractivity contribution < 1.29 is 19.0 Å². The number of halogens is 1. The first-order chi connectivity index (χ1) is 8.54. The van der Waals surface area contributed by atoms with Gasteiger partial charge in [0.2, 0.25) is 0 Å². The van der Waals surface area contributed by atoms with Crippen LogP contribution in [-0.4, -0.2) is 24.2 Å². The number of aliphatic hydroxyl groups excluding tert-OH is 1. The molecular formula is C13H14FNO3. The summed E-state index contributed by atoms with van der Waals surface area (Å²) in [5.41, 5.74) is 0.441. The molecule has 1 atom stereocenters. The summed E-state index contributed by atoms with van der Waals surface area (Å²) in [4.78, 5) is 11.2. The van der Waals surface area contributed by atoms with E-state index in [0.29, 0.717) is 5.56 Å². The highest BCUT2D eigenvalue weighted by atomic mass is 19.1. The molecule has 0 heterocycles. The third kappa shape index (κ3) is 4.07. The van der Waals surface area contributed by atoms with Gasteiger partial charge in [-0.15, -0.1) is 6.42 Å². The predicted molar refractivity (Wildman–Crippen MR) is 64.4 cm³/mol. The van der Waals surface area contributed by atoms with Crippen molar-refractivity contribution in [2.45, 2.75) is 13.0 Å². The molecule has 0 aliphatic rings. The van der Waals surface area contributed by atoms with Gasteiger partial charge in [-0.2, -0.15) is 0 Å². The molecule has 1 rings (SSSR count).